The molecule has 2 rings (SSSR count). The molecule has 0 aliphatic carbocycles. The molecule has 1 saturated heterocycles. The fourth-order valence-corrected chi connectivity index (χ4v) is 2.85. The average Bonchev–Trinajstić information content (AvgIpc) is 2.49. The van der Waals surface area contributed by atoms with Crippen LogP contribution in [0, 0.1) is 0 Å². The Hall–Kier alpha value is -0.610. The topological polar surface area (TPSA) is 46.0 Å². The number of hydrogen-bond donors (Lipinski definition) is 1. The van der Waals surface area contributed by atoms with Crippen molar-refractivity contribution in [3.8, 4) is 0 Å². The highest BCUT2D eigenvalue weighted by Crippen LogP contribution is 2.40. The van der Waals surface area contributed by atoms with Crippen molar-refractivity contribution in [2.24, 2.45) is 0 Å². The highest BCUT2D eigenvalue weighted by Gasteiger charge is 2.37. The Labute approximate surface area is 81.6 Å². The van der Waals surface area contributed by atoms with Crippen LogP contribution in [-0.4, -0.2) is 26.1 Å². The van der Waals surface area contributed by atoms with Crippen molar-refractivity contribution in [3.63, 3.8) is 0 Å². The lowest BCUT2D eigenvalue weighted by Gasteiger charge is -2.20. The van der Waals surface area contributed by atoms with Crippen molar-refractivity contribution >= 4 is 11.8 Å². The van der Waals surface area contributed by atoms with Crippen molar-refractivity contribution in [2.45, 2.75) is 24.2 Å². The van der Waals surface area contributed by atoms with E-state index in [2.05, 4.69) is 16.9 Å². The zero-order valence-corrected chi connectivity index (χ0v) is 8.29. The molecule has 1 aromatic heterocycles. The standard InChI is InChI=1S/C9H12N2OS/c1-7-2-9(12,5-13-7)8-3-10-6-11-4-8/h3-4,6-7,12H,2,5H2,1H3. The Morgan fingerprint density at radius 3 is 2.77 bits per heavy atom. The monoisotopic (exact) mass is 196 g/mol. The van der Waals surface area contributed by atoms with Gasteiger partial charge in [-0.05, 0) is 6.42 Å². The van der Waals surface area contributed by atoms with Gasteiger partial charge in [-0.3, -0.25) is 0 Å². The predicted octanol–water partition coefficient (Wildman–Crippen LogP) is 1.19. The zero-order chi connectivity index (χ0) is 9.31. The normalized spacial score (nSPS) is 33.5. The van der Waals surface area contributed by atoms with E-state index in [9.17, 15) is 5.11 Å². The number of thioether (sulfide) groups is 1. The summed E-state index contributed by atoms with van der Waals surface area (Å²) in [6.07, 6.45) is 5.68. The average molecular weight is 196 g/mol. The first-order valence-electron chi connectivity index (χ1n) is 4.30. The van der Waals surface area contributed by atoms with Crippen LogP contribution in [0.3, 0.4) is 0 Å². The molecule has 1 fully saturated rings. The van der Waals surface area contributed by atoms with Gasteiger partial charge in [0.05, 0.1) is 0 Å². The molecule has 1 aromatic rings. The van der Waals surface area contributed by atoms with Crippen LogP contribution in [0.2, 0.25) is 0 Å². The summed E-state index contributed by atoms with van der Waals surface area (Å²) in [4.78, 5) is 7.84. The van der Waals surface area contributed by atoms with Crippen molar-refractivity contribution in [3.05, 3.63) is 24.3 Å². The summed E-state index contributed by atoms with van der Waals surface area (Å²) in [5.74, 6) is 0.752. The molecule has 2 atom stereocenters. The van der Waals surface area contributed by atoms with E-state index < -0.39 is 5.60 Å². The van der Waals surface area contributed by atoms with Gasteiger partial charge in [0, 0.05) is 29.0 Å². The second-order valence-electron chi connectivity index (χ2n) is 3.48. The first-order valence-corrected chi connectivity index (χ1v) is 5.35. The third kappa shape index (κ3) is 1.69. The Morgan fingerprint density at radius 2 is 2.23 bits per heavy atom. The largest absolute Gasteiger partial charge is 0.384 e. The van der Waals surface area contributed by atoms with Gasteiger partial charge in [0.25, 0.3) is 0 Å². The summed E-state index contributed by atoms with van der Waals surface area (Å²) < 4.78 is 0. The van der Waals surface area contributed by atoms with Gasteiger partial charge in [-0.15, -0.1) is 0 Å². The van der Waals surface area contributed by atoms with Gasteiger partial charge in [0.2, 0.25) is 0 Å². The second-order valence-corrected chi connectivity index (χ2v) is 4.91. The first-order chi connectivity index (χ1) is 6.21. The summed E-state index contributed by atoms with van der Waals surface area (Å²) in [6.45, 7) is 2.13. The second kappa shape index (κ2) is 3.27. The lowest BCUT2D eigenvalue weighted by molar-refractivity contribution is 0.0605. The fraction of sp³-hybridized carbons (Fsp3) is 0.556. The van der Waals surface area contributed by atoms with E-state index in [0.29, 0.717) is 5.25 Å². The smallest absolute Gasteiger partial charge is 0.115 e. The molecule has 2 heterocycles. The molecular formula is C9H12N2OS. The minimum Gasteiger partial charge on any atom is -0.384 e. The van der Waals surface area contributed by atoms with E-state index in [-0.39, 0.29) is 0 Å². The van der Waals surface area contributed by atoms with Crippen LogP contribution in [0.1, 0.15) is 18.9 Å². The maximum atomic E-state index is 10.2. The number of rotatable bonds is 1. The fourth-order valence-electron chi connectivity index (χ4n) is 1.61. The first kappa shape index (κ1) is 8.97. The van der Waals surface area contributed by atoms with E-state index >= 15 is 0 Å². The summed E-state index contributed by atoms with van der Waals surface area (Å²) >= 11 is 1.79. The van der Waals surface area contributed by atoms with Gasteiger partial charge in [-0.1, -0.05) is 6.92 Å². The molecule has 0 amide bonds. The van der Waals surface area contributed by atoms with Gasteiger partial charge in [0.1, 0.15) is 11.9 Å². The molecule has 0 bridgehead atoms. The zero-order valence-electron chi connectivity index (χ0n) is 7.47. The third-order valence-corrected chi connectivity index (χ3v) is 3.71. The van der Waals surface area contributed by atoms with Crippen molar-refractivity contribution in [1.82, 2.24) is 9.97 Å². The van der Waals surface area contributed by atoms with Crippen molar-refractivity contribution in [1.29, 1.82) is 0 Å². The summed E-state index contributed by atoms with van der Waals surface area (Å²) in [6, 6.07) is 0. The molecular weight excluding hydrogens is 184 g/mol. The minimum atomic E-state index is -0.703. The highest BCUT2D eigenvalue weighted by atomic mass is 32.2. The number of nitrogens with zero attached hydrogens (tertiary/aromatic N) is 2. The van der Waals surface area contributed by atoms with E-state index in [0.717, 1.165) is 17.7 Å². The van der Waals surface area contributed by atoms with E-state index in [1.54, 1.807) is 24.2 Å². The number of hydrogen-bond acceptors (Lipinski definition) is 4. The van der Waals surface area contributed by atoms with E-state index in [1.165, 1.54) is 6.33 Å². The maximum absolute atomic E-state index is 10.2. The van der Waals surface area contributed by atoms with Gasteiger partial charge in [-0.25, -0.2) is 9.97 Å². The van der Waals surface area contributed by atoms with Gasteiger partial charge >= 0.3 is 0 Å². The van der Waals surface area contributed by atoms with E-state index in [1.807, 2.05) is 0 Å². The predicted molar refractivity (Wildman–Crippen MR) is 52.5 cm³/mol. The quantitative estimate of drug-likeness (QED) is 0.733. The van der Waals surface area contributed by atoms with Crippen molar-refractivity contribution < 1.29 is 5.11 Å². The maximum Gasteiger partial charge on any atom is 0.115 e. The van der Waals surface area contributed by atoms with Gasteiger partial charge in [0.15, 0.2) is 0 Å². The van der Waals surface area contributed by atoms with Crippen LogP contribution < -0.4 is 0 Å². The molecule has 2 unspecified atom stereocenters. The summed E-state index contributed by atoms with van der Waals surface area (Å²) in [7, 11) is 0. The summed E-state index contributed by atoms with van der Waals surface area (Å²) in [5.41, 5.74) is 0.137. The van der Waals surface area contributed by atoms with Crippen LogP contribution in [-0.2, 0) is 5.60 Å². The van der Waals surface area contributed by atoms with E-state index in [4.69, 9.17) is 0 Å². The molecule has 0 aromatic carbocycles. The Bertz CT molecular complexity index is 293. The third-order valence-electron chi connectivity index (χ3n) is 2.33. The van der Waals surface area contributed by atoms with Gasteiger partial charge < -0.3 is 5.11 Å². The molecule has 1 N–H and O–H groups in total. The Balaban J connectivity index is 2.26. The molecule has 0 saturated carbocycles. The minimum absolute atomic E-state index is 0.519. The number of aliphatic hydroxyl groups is 1. The highest BCUT2D eigenvalue weighted by molar-refractivity contribution is 8.00. The Morgan fingerprint density at radius 1 is 1.54 bits per heavy atom. The van der Waals surface area contributed by atoms with Crippen LogP contribution in [0.5, 0.6) is 0 Å². The lowest BCUT2D eigenvalue weighted by atomic mass is 9.94. The summed E-state index contributed by atoms with van der Waals surface area (Å²) in [5, 5.41) is 10.8. The molecule has 4 heteroatoms. The molecule has 1 aliphatic heterocycles. The number of aromatic nitrogens is 2. The molecule has 0 radical (unpaired) electrons. The van der Waals surface area contributed by atoms with Crippen LogP contribution >= 0.6 is 11.8 Å². The molecule has 1 aliphatic rings. The molecule has 70 valence electrons. The molecule has 3 nitrogen and oxygen atoms in total. The van der Waals surface area contributed by atoms with Crippen LogP contribution in [0.25, 0.3) is 0 Å². The Kier molecular flexibility index (Phi) is 2.26. The molecule has 0 spiro atoms. The SMILES string of the molecule is CC1CC(O)(c2cncnc2)CS1. The van der Waals surface area contributed by atoms with Crippen LogP contribution in [0.4, 0.5) is 0 Å². The van der Waals surface area contributed by atoms with Crippen molar-refractivity contribution in [2.75, 3.05) is 5.75 Å². The molecule has 13 heavy (non-hydrogen) atoms. The van der Waals surface area contributed by atoms with Crippen LogP contribution in [0.15, 0.2) is 18.7 Å². The van der Waals surface area contributed by atoms with Gasteiger partial charge in [-0.2, -0.15) is 11.8 Å². The lowest BCUT2D eigenvalue weighted by Crippen LogP contribution is -2.25.